The van der Waals surface area contributed by atoms with Gasteiger partial charge in [0.25, 0.3) is 0 Å². The molecule has 1 aromatic rings. The molecule has 0 saturated heterocycles. The summed E-state index contributed by atoms with van der Waals surface area (Å²) in [5.41, 5.74) is 6.51. The highest BCUT2D eigenvalue weighted by molar-refractivity contribution is 5.79. The summed E-state index contributed by atoms with van der Waals surface area (Å²) >= 11 is 0. The van der Waals surface area contributed by atoms with E-state index in [4.69, 9.17) is 10.9 Å². The molecule has 0 aliphatic rings. The number of aryl methyl sites for hydroxylation is 1. The maximum absolute atomic E-state index is 11.6. The van der Waals surface area contributed by atoms with Crippen LogP contribution < -0.4 is 11.1 Å². The van der Waals surface area contributed by atoms with Crippen LogP contribution in [0.15, 0.2) is 35.5 Å². The summed E-state index contributed by atoms with van der Waals surface area (Å²) in [4.78, 5) is 11.6. The predicted molar refractivity (Wildman–Crippen MR) is 75.0 cm³/mol. The van der Waals surface area contributed by atoms with E-state index in [9.17, 15) is 4.79 Å². The number of nitrogens with one attached hydrogen (secondary N) is 1. The minimum Gasteiger partial charge on any atom is -0.409 e. The second-order valence-electron chi connectivity index (χ2n) is 4.38. The van der Waals surface area contributed by atoms with Gasteiger partial charge in [0.2, 0.25) is 5.91 Å². The Morgan fingerprint density at radius 1 is 1.21 bits per heavy atom. The molecule has 1 aromatic carbocycles. The number of hydrogen-bond acceptors (Lipinski definition) is 3. The molecule has 0 spiro atoms. The van der Waals surface area contributed by atoms with Gasteiger partial charge in [-0.25, -0.2) is 0 Å². The number of nitrogens with two attached hydrogens (primary N) is 1. The van der Waals surface area contributed by atoms with E-state index in [0.717, 1.165) is 19.3 Å². The molecule has 19 heavy (non-hydrogen) atoms. The smallest absolute Gasteiger partial charge is 0.220 e. The summed E-state index contributed by atoms with van der Waals surface area (Å²) in [6, 6.07) is 9.94. The maximum atomic E-state index is 11.6. The molecule has 0 heterocycles. The molecular formula is C14H21N3O2. The maximum Gasteiger partial charge on any atom is 0.220 e. The van der Waals surface area contributed by atoms with Crippen LogP contribution in [0.25, 0.3) is 0 Å². The third-order valence-corrected chi connectivity index (χ3v) is 2.79. The van der Waals surface area contributed by atoms with Crippen LogP contribution in [0.2, 0.25) is 0 Å². The molecule has 0 bridgehead atoms. The zero-order chi connectivity index (χ0) is 13.9. The van der Waals surface area contributed by atoms with Crippen LogP contribution >= 0.6 is 0 Å². The Morgan fingerprint density at radius 2 is 1.95 bits per heavy atom. The van der Waals surface area contributed by atoms with E-state index in [-0.39, 0.29) is 11.7 Å². The van der Waals surface area contributed by atoms with Crippen LogP contribution in [0.5, 0.6) is 0 Å². The van der Waals surface area contributed by atoms with Gasteiger partial charge >= 0.3 is 0 Å². The third kappa shape index (κ3) is 7.08. The number of unbranched alkanes of at least 4 members (excludes halogenated alkanes) is 1. The molecule has 104 valence electrons. The molecule has 0 aliphatic carbocycles. The average Bonchev–Trinajstić information content (AvgIpc) is 2.45. The molecule has 0 unspecified atom stereocenters. The molecule has 1 amide bonds. The van der Waals surface area contributed by atoms with Crippen molar-refractivity contribution < 1.29 is 10.0 Å². The van der Waals surface area contributed by atoms with Crippen molar-refractivity contribution in [1.29, 1.82) is 0 Å². The van der Waals surface area contributed by atoms with Crippen molar-refractivity contribution in [2.45, 2.75) is 32.1 Å². The van der Waals surface area contributed by atoms with Gasteiger partial charge in [-0.2, -0.15) is 0 Å². The summed E-state index contributed by atoms with van der Waals surface area (Å²) in [5, 5.41) is 14.1. The lowest BCUT2D eigenvalue weighted by atomic mass is 10.1. The van der Waals surface area contributed by atoms with Crippen molar-refractivity contribution in [3.8, 4) is 0 Å². The number of amidine groups is 1. The van der Waals surface area contributed by atoms with Crippen LogP contribution in [0, 0.1) is 0 Å². The highest BCUT2D eigenvalue weighted by Gasteiger charge is 2.01. The highest BCUT2D eigenvalue weighted by Crippen LogP contribution is 2.02. The Morgan fingerprint density at radius 3 is 2.63 bits per heavy atom. The highest BCUT2D eigenvalue weighted by atomic mass is 16.4. The second kappa shape index (κ2) is 8.97. The van der Waals surface area contributed by atoms with E-state index < -0.39 is 0 Å². The quantitative estimate of drug-likeness (QED) is 0.219. The number of carbonyl (C=O) groups excluding carboxylic acids is 1. The molecule has 5 heteroatoms. The summed E-state index contributed by atoms with van der Waals surface area (Å²) < 4.78 is 0. The van der Waals surface area contributed by atoms with Gasteiger partial charge in [-0.05, 0) is 24.8 Å². The lowest BCUT2D eigenvalue weighted by Gasteiger charge is -2.05. The fourth-order valence-electron chi connectivity index (χ4n) is 1.70. The molecule has 0 saturated carbocycles. The number of hydrogen-bond donors (Lipinski definition) is 3. The van der Waals surface area contributed by atoms with Crippen LogP contribution in [0.3, 0.4) is 0 Å². The molecule has 4 N–H and O–H groups in total. The first-order chi connectivity index (χ1) is 9.22. The van der Waals surface area contributed by atoms with Crippen molar-refractivity contribution in [3.05, 3.63) is 35.9 Å². The summed E-state index contributed by atoms with van der Waals surface area (Å²) in [6.45, 7) is 0.631. The van der Waals surface area contributed by atoms with Crippen molar-refractivity contribution >= 4 is 11.7 Å². The monoisotopic (exact) mass is 263 g/mol. The normalized spacial score (nSPS) is 11.3. The molecule has 0 aliphatic heterocycles. The summed E-state index contributed by atoms with van der Waals surface area (Å²) in [5.74, 6) is 0.294. The van der Waals surface area contributed by atoms with E-state index in [2.05, 4.69) is 10.5 Å². The first-order valence-corrected chi connectivity index (χ1v) is 6.49. The number of rotatable bonds is 8. The Bertz CT molecular complexity index is 404. The topological polar surface area (TPSA) is 87.7 Å². The average molecular weight is 263 g/mol. The molecular weight excluding hydrogens is 242 g/mol. The van der Waals surface area contributed by atoms with Crippen molar-refractivity contribution in [2.24, 2.45) is 10.9 Å². The lowest BCUT2D eigenvalue weighted by Crippen LogP contribution is -2.24. The zero-order valence-electron chi connectivity index (χ0n) is 11.0. The lowest BCUT2D eigenvalue weighted by molar-refractivity contribution is -0.121. The van der Waals surface area contributed by atoms with Crippen LogP contribution in [0.1, 0.15) is 31.2 Å². The van der Waals surface area contributed by atoms with Gasteiger partial charge in [-0.15, -0.1) is 0 Å². The SMILES string of the molecule is NC(CCCCNC(=O)CCc1ccccc1)=NO. The van der Waals surface area contributed by atoms with Gasteiger partial charge in [0.05, 0.1) is 0 Å². The summed E-state index contributed by atoms with van der Waals surface area (Å²) in [6.07, 6.45) is 3.44. The first-order valence-electron chi connectivity index (χ1n) is 6.49. The molecule has 0 atom stereocenters. The zero-order valence-corrected chi connectivity index (χ0v) is 11.0. The van der Waals surface area contributed by atoms with Crippen LogP contribution in [-0.4, -0.2) is 23.5 Å². The van der Waals surface area contributed by atoms with E-state index in [0.29, 0.717) is 19.4 Å². The van der Waals surface area contributed by atoms with Crippen LogP contribution in [-0.2, 0) is 11.2 Å². The van der Waals surface area contributed by atoms with E-state index >= 15 is 0 Å². The molecule has 0 radical (unpaired) electrons. The van der Waals surface area contributed by atoms with Crippen molar-refractivity contribution in [3.63, 3.8) is 0 Å². The molecule has 5 nitrogen and oxygen atoms in total. The standard InChI is InChI=1S/C14H21N3O2/c15-13(17-19)8-4-5-11-16-14(18)10-9-12-6-2-1-3-7-12/h1-3,6-7,19H,4-5,8-11H2,(H2,15,17)(H,16,18). The van der Waals surface area contributed by atoms with Gasteiger partial charge in [0, 0.05) is 19.4 Å². The Labute approximate surface area is 113 Å². The predicted octanol–water partition coefficient (Wildman–Crippen LogP) is 1.65. The number of nitrogens with zero attached hydrogens (tertiary/aromatic N) is 1. The van der Waals surface area contributed by atoms with Crippen molar-refractivity contribution in [2.75, 3.05) is 6.54 Å². The van der Waals surface area contributed by atoms with Crippen LogP contribution in [0.4, 0.5) is 0 Å². The molecule has 1 rings (SSSR count). The fraction of sp³-hybridized carbons (Fsp3) is 0.429. The third-order valence-electron chi connectivity index (χ3n) is 2.79. The second-order valence-corrected chi connectivity index (χ2v) is 4.38. The van der Waals surface area contributed by atoms with E-state index in [1.165, 1.54) is 5.56 Å². The van der Waals surface area contributed by atoms with Gasteiger partial charge in [-0.3, -0.25) is 4.79 Å². The van der Waals surface area contributed by atoms with E-state index in [1.807, 2.05) is 30.3 Å². The number of carbonyl (C=O) groups is 1. The van der Waals surface area contributed by atoms with Gasteiger partial charge < -0.3 is 16.3 Å². The Kier molecular flexibility index (Phi) is 7.09. The van der Waals surface area contributed by atoms with Crippen molar-refractivity contribution in [1.82, 2.24) is 5.32 Å². The summed E-state index contributed by atoms with van der Waals surface area (Å²) in [7, 11) is 0. The van der Waals surface area contributed by atoms with Gasteiger partial charge in [-0.1, -0.05) is 35.5 Å². The first kappa shape index (κ1) is 15.0. The largest absolute Gasteiger partial charge is 0.409 e. The van der Waals surface area contributed by atoms with E-state index in [1.54, 1.807) is 0 Å². The minimum atomic E-state index is 0.0626. The molecule has 0 aromatic heterocycles. The Balaban J connectivity index is 2.05. The molecule has 0 fully saturated rings. The number of amides is 1. The minimum absolute atomic E-state index is 0.0626. The fourth-order valence-corrected chi connectivity index (χ4v) is 1.70. The van der Waals surface area contributed by atoms with Gasteiger partial charge in [0.1, 0.15) is 5.84 Å². The number of benzene rings is 1. The Hall–Kier alpha value is -2.04. The van der Waals surface area contributed by atoms with Gasteiger partial charge in [0.15, 0.2) is 0 Å². The number of oxime groups is 1.